The van der Waals surface area contributed by atoms with E-state index in [1.165, 1.54) is 0 Å². The minimum Gasteiger partial charge on any atom is -0.336 e. The molecule has 0 bridgehead atoms. The third-order valence-corrected chi connectivity index (χ3v) is 1.86. The van der Waals surface area contributed by atoms with E-state index in [4.69, 9.17) is 6.42 Å². The van der Waals surface area contributed by atoms with Gasteiger partial charge in [-0.3, -0.25) is 0 Å². The van der Waals surface area contributed by atoms with Gasteiger partial charge in [0.2, 0.25) is 0 Å². The highest BCUT2D eigenvalue weighted by molar-refractivity contribution is 5.76. The summed E-state index contributed by atoms with van der Waals surface area (Å²) in [5.41, 5.74) is 1.62. The van der Waals surface area contributed by atoms with Crippen LogP contribution in [0.25, 0.3) is 11.0 Å². The van der Waals surface area contributed by atoms with Crippen molar-refractivity contribution in [1.82, 2.24) is 9.55 Å². The lowest BCUT2D eigenvalue weighted by molar-refractivity contribution is 0.947. The maximum Gasteiger partial charge on any atom is 0.141 e. The Morgan fingerprint density at radius 1 is 1.42 bits per heavy atom. The first-order chi connectivity index (χ1) is 5.81. The van der Waals surface area contributed by atoms with Crippen molar-refractivity contribution < 1.29 is 0 Å². The fourth-order valence-corrected chi connectivity index (χ4v) is 1.21. The van der Waals surface area contributed by atoms with E-state index in [0.717, 1.165) is 11.0 Å². The molecule has 2 aromatic rings. The Kier molecular flexibility index (Phi) is 1.38. The smallest absolute Gasteiger partial charge is 0.141 e. The Morgan fingerprint density at radius 3 is 3.00 bits per heavy atom. The van der Waals surface area contributed by atoms with Gasteiger partial charge in [-0.25, -0.2) is 4.98 Å². The van der Waals surface area contributed by atoms with E-state index < -0.39 is 0 Å². The van der Waals surface area contributed by atoms with Gasteiger partial charge in [0.1, 0.15) is 11.3 Å². The van der Waals surface area contributed by atoms with E-state index in [0.29, 0.717) is 5.69 Å². The number of terminal acetylenes is 1. The molecule has 0 saturated heterocycles. The minimum atomic E-state index is 0.685. The van der Waals surface area contributed by atoms with Gasteiger partial charge >= 0.3 is 0 Å². The summed E-state index contributed by atoms with van der Waals surface area (Å²) in [4.78, 5) is 4.28. The maximum atomic E-state index is 5.24. The number of hydrogen-bond acceptors (Lipinski definition) is 1. The summed E-state index contributed by atoms with van der Waals surface area (Å²) in [6.45, 7) is 0. The molecule has 2 aromatic heterocycles. The van der Waals surface area contributed by atoms with Crippen molar-refractivity contribution in [1.29, 1.82) is 0 Å². The molecular formula is C10H8N2. The molecule has 0 N–H and O–H groups in total. The Balaban J connectivity index is 2.82. The molecule has 0 fully saturated rings. The van der Waals surface area contributed by atoms with Crippen LogP contribution < -0.4 is 0 Å². The van der Waals surface area contributed by atoms with Crippen molar-refractivity contribution in [2.75, 3.05) is 0 Å². The number of nitrogens with zero attached hydrogens (tertiary/aromatic N) is 2. The molecular weight excluding hydrogens is 148 g/mol. The topological polar surface area (TPSA) is 17.8 Å². The van der Waals surface area contributed by atoms with Gasteiger partial charge in [-0.1, -0.05) is 5.92 Å². The highest BCUT2D eigenvalue weighted by Crippen LogP contribution is 2.11. The van der Waals surface area contributed by atoms with Crippen molar-refractivity contribution >= 4 is 11.0 Å². The molecule has 0 spiro atoms. The van der Waals surface area contributed by atoms with E-state index in [1.54, 1.807) is 0 Å². The molecule has 2 heterocycles. The van der Waals surface area contributed by atoms with Crippen LogP contribution in [0.1, 0.15) is 5.69 Å². The standard InChI is InChI=1S/C10H8N2/c1-3-9-5-4-8-6-7-12(2)10(8)11-9/h1,4-7H,2H3. The molecule has 58 valence electrons. The average molecular weight is 156 g/mol. The highest BCUT2D eigenvalue weighted by Gasteiger charge is 1.98. The summed E-state index contributed by atoms with van der Waals surface area (Å²) in [6.07, 6.45) is 7.21. The summed E-state index contributed by atoms with van der Waals surface area (Å²) < 4.78 is 1.95. The number of pyridine rings is 1. The molecule has 0 aliphatic carbocycles. The van der Waals surface area contributed by atoms with Crippen LogP contribution in [0.15, 0.2) is 24.4 Å². The monoisotopic (exact) mass is 156 g/mol. The highest BCUT2D eigenvalue weighted by atomic mass is 15.0. The predicted octanol–water partition coefficient (Wildman–Crippen LogP) is 1.55. The molecule has 0 aliphatic rings. The fourth-order valence-electron chi connectivity index (χ4n) is 1.21. The summed E-state index contributed by atoms with van der Waals surface area (Å²) >= 11 is 0. The minimum absolute atomic E-state index is 0.685. The second-order valence-electron chi connectivity index (χ2n) is 2.68. The molecule has 12 heavy (non-hydrogen) atoms. The SMILES string of the molecule is C#Cc1ccc2ccn(C)c2n1. The molecule has 0 unspecified atom stereocenters. The average Bonchev–Trinajstić information content (AvgIpc) is 2.47. The van der Waals surface area contributed by atoms with Crippen molar-refractivity contribution in [2.45, 2.75) is 0 Å². The van der Waals surface area contributed by atoms with Crippen LogP contribution in [0, 0.1) is 12.3 Å². The normalized spacial score (nSPS) is 10.0. The van der Waals surface area contributed by atoms with Gasteiger partial charge in [0.25, 0.3) is 0 Å². The number of hydrogen-bond donors (Lipinski definition) is 0. The van der Waals surface area contributed by atoms with E-state index in [2.05, 4.69) is 10.9 Å². The molecule has 2 rings (SSSR count). The van der Waals surface area contributed by atoms with Crippen LogP contribution in [-0.2, 0) is 7.05 Å². The van der Waals surface area contributed by atoms with Crippen LogP contribution >= 0.6 is 0 Å². The molecule has 0 radical (unpaired) electrons. The maximum absolute atomic E-state index is 5.24. The fraction of sp³-hybridized carbons (Fsp3) is 0.100. The van der Waals surface area contributed by atoms with Crippen LogP contribution in [0.5, 0.6) is 0 Å². The number of fused-ring (bicyclic) bond motifs is 1. The zero-order valence-corrected chi connectivity index (χ0v) is 6.78. The predicted molar refractivity (Wildman–Crippen MR) is 48.6 cm³/mol. The number of aryl methyl sites for hydroxylation is 1. The van der Waals surface area contributed by atoms with E-state index >= 15 is 0 Å². The van der Waals surface area contributed by atoms with Gasteiger partial charge in [0, 0.05) is 18.6 Å². The van der Waals surface area contributed by atoms with Gasteiger partial charge in [-0.15, -0.1) is 6.42 Å². The summed E-state index contributed by atoms with van der Waals surface area (Å²) in [5.74, 6) is 2.51. The van der Waals surface area contributed by atoms with Crippen molar-refractivity contribution in [2.24, 2.45) is 7.05 Å². The Labute approximate surface area is 70.8 Å². The second-order valence-corrected chi connectivity index (χ2v) is 2.68. The molecule has 0 aromatic carbocycles. The van der Waals surface area contributed by atoms with Crippen molar-refractivity contribution in [3.05, 3.63) is 30.1 Å². The van der Waals surface area contributed by atoms with Gasteiger partial charge in [0.15, 0.2) is 0 Å². The molecule has 0 atom stereocenters. The lowest BCUT2D eigenvalue weighted by Gasteiger charge is -1.94. The Morgan fingerprint density at radius 2 is 2.25 bits per heavy atom. The van der Waals surface area contributed by atoms with Gasteiger partial charge in [0.05, 0.1) is 0 Å². The third-order valence-electron chi connectivity index (χ3n) is 1.86. The van der Waals surface area contributed by atoms with Crippen molar-refractivity contribution in [3.63, 3.8) is 0 Å². The first kappa shape index (κ1) is 6.93. The molecule has 2 heteroatoms. The van der Waals surface area contributed by atoms with Crippen LogP contribution in [-0.4, -0.2) is 9.55 Å². The van der Waals surface area contributed by atoms with E-state index in [-0.39, 0.29) is 0 Å². The summed E-state index contributed by atoms with van der Waals surface area (Å²) in [7, 11) is 1.95. The van der Waals surface area contributed by atoms with Crippen LogP contribution in [0.2, 0.25) is 0 Å². The zero-order valence-electron chi connectivity index (χ0n) is 6.78. The lowest BCUT2D eigenvalue weighted by atomic mass is 10.3. The largest absolute Gasteiger partial charge is 0.336 e. The molecule has 0 aliphatic heterocycles. The Bertz CT molecular complexity index is 460. The number of rotatable bonds is 0. The lowest BCUT2D eigenvalue weighted by Crippen LogP contribution is -1.89. The van der Waals surface area contributed by atoms with Crippen LogP contribution in [0.4, 0.5) is 0 Å². The number of aromatic nitrogens is 2. The first-order valence-electron chi connectivity index (χ1n) is 3.70. The van der Waals surface area contributed by atoms with E-state index in [1.807, 2.05) is 36.0 Å². The summed E-state index contributed by atoms with van der Waals surface area (Å²) in [6, 6.07) is 5.85. The molecule has 0 saturated carbocycles. The van der Waals surface area contributed by atoms with Crippen molar-refractivity contribution in [3.8, 4) is 12.3 Å². The third kappa shape index (κ3) is 0.876. The van der Waals surface area contributed by atoms with Crippen LogP contribution in [0.3, 0.4) is 0 Å². The van der Waals surface area contributed by atoms with Gasteiger partial charge in [-0.2, -0.15) is 0 Å². The second kappa shape index (κ2) is 2.38. The zero-order chi connectivity index (χ0) is 8.55. The molecule has 0 amide bonds. The van der Waals surface area contributed by atoms with E-state index in [9.17, 15) is 0 Å². The summed E-state index contributed by atoms with van der Waals surface area (Å²) in [5, 5.41) is 1.12. The Hall–Kier alpha value is -1.75. The first-order valence-corrected chi connectivity index (χ1v) is 3.70. The quantitative estimate of drug-likeness (QED) is 0.529. The van der Waals surface area contributed by atoms with Gasteiger partial charge in [-0.05, 0) is 18.2 Å². The van der Waals surface area contributed by atoms with Gasteiger partial charge < -0.3 is 4.57 Å². The molecule has 2 nitrogen and oxygen atoms in total.